The fraction of sp³-hybridized carbons (Fsp3) is 0.417. The standard InChI is InChI=1S/C24H27N5O2S2/c1-3-29-22(16-9-8-10-17(13-16)31-2)27-28-24(29)32-15-21(30)26-23-19(14-25)18-11-6-4-5-7-12-20(18)33-23/h8-10,13H,3-7,11-12,15H2,1-2H3,(H,26,30). The third-order valence-corrected chi connectivity index (χ3v) is 7.90. The van der Waals surface area contributed by atoms with Gasteiger partial charge in [-0.05, 0) is 50.3 Å². The molecule has 2 aromatic heterocycles. The molecule has 2 heterocycles. The number of nitrogens with one attached hydrogen (secondary N) is 1. The molecule has 0 radical (unpaired) electrons. The first-order valence-corrected chi connectivity index (χ1v) is 13.0. The van der Waals surface area contributed by atoms with Gasteiger partial charge in [0, 0.05) is 17.0 Å². The first-order chi connectivity index (χ1) is 16.1. The lowest BCUT2D eigenvalue weighted by Crippen LogP contribution is -2.14. The lowest BCUT2D eigenvalue weighted by molar-refractivity contribution is -0.113. The quantitative estimate of drug-likeness (QED) is 0.461. The van der Waals surface area contributed by atoms with Crippen molar-refractivity contribution in [1.82, 2.24) is 14.8 Å². The number of amides is 1. The molecule has 1 aliphatic rings. The molecule has 1 N–H and O–H groups in total. The monoisotopic (exact) mass is 481 g/mol. The van der Waals surface area contributed by atoms with Crippen LogP contribution in [0.4, 0.5) is 5.00 Å². The highest BCUT2D eigenvalue weighted by Crippen LogP contribution is 2.36. The summed E-state index contributed by atoms with van der Waals surface area (Å²) in [4.78, 5) is 14.0. The minimum absolute atomic E-state index is 0.140. The molecule has 1 amide bonds. The van der Waals surface area contributed by atoms with E-state index in [4.69, 9.17) is 4.74 Å². The fourth-order valence-electron chi connectivity index (χ4n) is 4.07. The number of nitriles is 1. The average molecular weight is 482 g/mol. The summed E-state index contributed by atoms with van der Waals surface area (Å²) < 4.78 is 7.31. The number of hydrogen-bond donors (Lipinski definition) is 1. The minimum Gasteiger partial charge on any atom is -0.497 e. The number of aromatic nitrogens is 3. The first kappa shape index (κ1) is 23.3. The molecule has 0 bridgehead atoms. The maximum atomic E-state index is 12.8. The fourth-order valence-corrected chi connectivity index (χ4v) is 6.13. The molecule has 0 saturated carbocycles. The number of benzene rings is 1. The predicted molar refractivity (Wildman–Crippen MR) is 132 cm³/mol. The second kappa shape index (κ2) is 10.9. The van der Waals surface area contributed by atoms with E-state index in [-0.39, 0.29) is 11.7 Å². The number of thioether (sulfide) groups is 1. The number of hydrogen-bond acceptors (Lipinski definition) is 7. The van der Waals surface area contributed by atoms with Gasteiger partial charge in [0.15, 0.2) is 11.0 Å². The van der Waals surface area contributed by atoms with E-state index in [9.17, 15) is 10.1 Å². The van der Waals surface area contributed by atoms with Crippen molar-refractivity contribution >= 4 is 34.0 Å². The van der Waals surface area contributed by atoms with Crippen LogP contribution in [0.2, 0.25) is 0 Å². The molecule has 0 saturated heterocycles. The third-order valence-electron chi connectivity index (χ3n) is 5.73. The van der Waals surface area contributed by atoms with Crippen LogP contribution in [0.25, 0.3) is 11.4 Å². The largest absolute Gasteiger partial charge is 0.497 e. The molecule has 0 aliphatic heterocycles. The van der Waals surface area contributed by atoms with E-state index >= 15 is 0 Å². The molecule has 1 aliphatic carbocycles. The maximum absolute atomic E-state index is 12.8. The lowest BCUT2D eigenvalue weighted by Gasteiger charge is -2.09. The van der Waals surface area contributed by atoms with Gasteiger partial charge in [0.2, 0.25) is 5.91 Å². The van der Waals surface area contributed by atoms with Gasteiger partial charge in [-0.3, -0.25) is 4.79 Å². The van der Waals surface area contributed by atoms with Crippen molar-refractivity contribution in [2.75, 3.05) is 18.2 Å². The summed E-state index contributed by atoms with van der Waals surface area (Å²) in [6.45, 7) is 2.71. The highest BCUT2D eigenvalue weighted by molar-refractivity contribution is 7.99. The Balaban J connectivity index is 1.46. The van der Waals surface area contributed by atoms with Crippen LogP contribution in [0.5, 0.6) is 5.75 Å². The van der Waals surface area contributed by atoms with Crippen molar-refractivity contribution in [2.45, 2.75) is 57.1 Å². The van der Waals surface area contributed by atoms with Gasteiger partial charge in [-0.2, -0.15) is 5.26 Å². The van der Waals surface area contributed by atoms with Crippen molar-refractivity contribution < 1.29 is 9.53 Å². The van der Waals surface area contributed by atoms with Gasteiger partial charge in [0.25, 0.3) is 0 Å². The molecule has 3 aromatic rings. The summed E-state index contributed by atoms with van der Waals surface area (Å²) in [6, 6.07) is 10.0. The van der Waals surface area contributed by atoms with Crippen molar-refractivity contribution in [1.29, 1.82) is 5.26 Å². The number of methoxy groups -OCH3 is 1. The molecule has 7 nitrogen and oxygen atoms in total. The van der Waals surface area contributed by atoms with Crippen molar-refractivity contribution in [2.24, 2.45) is 0 Å². The van der Waals surface area contributed by atoms with Crippen LogP contribution in [0.15, 0.2) is 29.4 Å². The molecule has 1 aromatic carbocycles. The van der Waals surface area contributed by atoms with Crippen LogP contribution < -0.4 is 10.1 Å². The Bertz CT molecular complexity index is 1180. The lowest BCUT2D eigenvalue weighted by atomic mass is 9.97. The van der Waals surface area contributed by atoms with Gasteiger partial charge < -0.3 is 14.6 Å². The van der Waals surface area contributed by atoms with Crippen LogP contribution >= 0.6 is 23.1 Å². The summed E-state index contributed by atoms with van der Waals surface area (Å²) in [5.41, 5.74) is 2.70. The highest BCUT2D eigenvalue weighted by atomic mass is 32.2. The molecule has 0 spiro atoms. The van der Waals surface area contributed by atoms with Crippen LogP contribution in [-0.2, 0) is 24.2 Å². The van der Waals surface area contributed by atoms with E-state index < -0.39 is 0 Å². The summed E-state index contributed by atoms with van der Waals surface area (Å²) in [5, 5.41) is 22.7. The Hall–Kier alpha value is -2.83. The SMILES string of the molecule is CCn1c(SCC(=O)Nc2sc3c(c2C#N)CCCCCC3)nnc1-c1cccc(OC)c1. The molecule has 0 atom stereocenters. The van der Waals surface area contributed by atoms with Crippen molar-refractivity contribution in [3.63, 3.8) is 0 Å². The number of anilines is 1. The zero-order valence-electron chi connectivity index (χ0n) is 18.9. The van der Waals surface area contributed by atoms with Crippen molar-refractivity contribution in [3.05, 3.63) is 40.3 Å². The molecule has 0 unspecified atom stereocenters. The highest BCUT2D eigenvalue weighted by Gasteiger charge is 2.21. The van der Waals surface area contributed by atoms with Crippen LogP contribution in [0, 0.1) is 11.3 Å². The Labute approximate surface area is 202 Å². The number of nitrogens with zero attached hydrogens (tertiary/aromatic N) is 4. The summed E-state index contributed by atoms with van der Waals surface area (Å²) in [7, 11) is 1.63. The maximum Gasteiger partial charge on any atom is 0.235 e. The van der Waals surface area contributed by atoms with Crippen LogP contribution in [-0.4, -0.2) is 33.5 Å². The zero-order chi connectivity index (χ0) is 23.2. The Morgan fingerprint density at radius 1 is 1.27 bits per heavy atom. The molecule has 9 heteroatoms. The summed E-state index contributed by atoms with van der Waals surface area (Å²) in [5.74, 6) is 1.55. The average Bonchev–Trinajstić information content (AvgIpc) is 3.37. The van der Waals surface area contributed by atoms with E-state index in [2.05, 4.69) is 21.6 Å². The normalized spacial score (nSPS) is 13.5. The Morgan fingerprint density at radius 3 is 2.85 bits per heavy atom. The number of thiophene rings is 1. The van der Waals surface area contributed by atoms with Crippen LogP contribution in [0.1, 0.15) is 48.6 Å². The van der Waals surface area contributed by atoms with Gasteiger partial charge in [0.05, 0.1) is 18.4 Å². The molecular weight excluding hydrogens is 454 g/mol. The second-order valence-corrected chi connectivity index (χ2v) is 9.90. The molecule has 172 valence electrons. The molecule has 0 fully saturated rings. The Morgan fingerprint density at radius 2 is 2.09 bits per heavy atom. The summed E-state index contributed by atoms with van der Waals surface area (Å²) in [6.07, 6.45) is 6.59. The van der Waals surface area contributed by atoms with Gasteiger partial charge in [-0.1, -0.05) is 36.7 Å². The minimum atomic E-state index is -0.140. The van der Waals surface area contributed by atoms with Gasteiger partial charge in [-0.25, -0.2) is 0 Å². The van der Waals surface area contributed by atoms with E-state index in [1.807, 2.05) is 35.8 Å². The van der Waals surface area contributed by atoms with E-state index in [0.717, 1.165) is 48.4 Å². The smallest absolute Gasteiger partial charge is 0.235 e. The number of rotatable bonds is 7. The molecular formula is C24H27N5O2S2. The predicted octanol–water partition coefficient (Wildman–Crippen LogP) is 5.30. The zero-order valence-corrected chi connectivity index (χ0v) is 20.5. The molecule has 33 heavy (non-hydrogen) atoms. The van der Waals surface area contributed by atoms with Gasteiger partial charge in [-0.15, -0.1) is 21.5 Å². The van der Waals surface area contributed by atoms with E-state index in [1.165, 1.54) is 29.5 Å². The van der Waals surface area contributed by atoms with Gasteiger partial charge >= 0.3 is 0 Å². The topological polar surface area (TPSA) is 92.8 Å². The number of aryl methyl sites for hydroxylation is 1. The third kappa shape index (κ3) is 5.23. The van der Waals surface area contributed by atoms with E-state index in [0.29, 0.717) is 22.3 Å². The van der Waals surface area contributed by atoms with Gasteiger partial charge in [0.1, 0.15) is 16.8 Å². The number of ether oxygens (including phenoxy) is 1. The second-order valence-electron chi connectivity index (χ2n) is 7.85. The first-order valence-electron chi connectivity index (χ1n) is 11.2. The number of carbonyl (C=O) groups excluding carboxylic acids is 1. The Kier molecular flexibility index (Phi) is 7.68. The molecule has 4 rings (SSSR count). The van der Waals surface area contributed by atoms with Crippen molar-refractivity contribution in [3.8, 4) is 23.2 Å². The van der Waals surface area contributed by atoms with E-state index in [1.54, 1.807) is 18.4 Å². The number of carbonyl (C=O) groups is 1. The number of fused-ring (bicyclic) bond motifs is 1. The summed E-state index contributed by atoms with van der Waals surface area (Å²) >= 11 is 2.91. The van der Waals surface area contributed by atoms with Crippen LogP contribution in [0.3, 0.4) is 0 Å².